The third kappa shape index (κ3) is 0.736. The van der Waals surface area contributed by atoms with Gasteiger partial charge in [-0.3, -0.25) is 0 Å². The molecule has 1 nitrogen and oxygen atoms in total. The first-order valence-corrected chi connectivity index (χ1v) is 5.41. The minimum Gasteiger partial charge on any atom is -0.390 e. The van der Waals surface area contributed by atoms with E-state index in [1.165, 1.54) is 25.7 Å². The number of rotatable bonds is 0. The maximum atomic E-state index is 10.2. The molecule has 1 N–H and O–H groups in total. The van der Waals surface area contributed by atoms with Gasteiger partial charge in [0.25, 0.3) is 0 Å². The summed E-state index contributed by atoms with van der Waals surface area (Å²) in [6.07, 6.45) is 6.67. The molecule has 68 valence electrons. The Morgan fingerprint density at radius 1 is 1.08 bits per heavy atom. The molecule has 3 saturated carbocycles. The van der Waals surface area contributed by atoms with Gasteiger partial charge < -0.3 is 5.11 Å². The van der Waals surface area contributed by atoms with Gasteiger partial charge in [0.05, 0.1) is 5.60 Å². The lowest BCUT2D eigenvalue weighted by molar-refractivity contribution is 0.0135. The molecule has 3 fully saturated rings. The number of hydrogen-bond donors (Lipinski definition) is 1. The fourth-order valence-corrected chi connectivity index (χ4v) is 4.42. The van der Waals surface area contributed by atoms with E-state index in [2.05, 4.69) is 6.92 Å². The largest absolute Gasteiger partial charge is 0.390 e. The second kappa shape index (κ2) is 2.06. The van der Waals surface area contributed by atoms with E-state index in [0.717, 1.165) is 24.2 Å². The van der Waals surface area contributed by atoms with Crippen molar-refractivity contribution in [2.24, 2.45) is 23.7 Å². The maximum absolute atomic E-state index is 10.2. The van der Waals surface area contributed by atoms with E-state index >= 15 is 0 Å². The van der Waals surface area contributed by atoms with E-state index in [1.54, 1.807) is 0 Å². The molecule has 0 aliphatic heterocycles. The van der Waals surface area contributed by atoms with Crippen molar-refractivity contribution in [2.45, 2.75) is 44.6 Å². The van der Waals surface area contributed by atoms with E-state index in [9.17, 15) is 5.11 Å². The summed E-state index contributed by atoms with van der Waals surface area (Å²) in [5.41, 5.74) is -0.301. The van der Waals surface area contributed by atoms with Crippen LogP contribution >= 0.6 is 0 Å². The monoisotopic (exact) mass is 166 g/mol. The molecular weight excluding hydrogens is 148 g/mol. The van der Waals surface area contributed by atoms with Crippen molar-refractivity contribution in [3.05, 3.63) is 0 Å². The van der Waals surface area contributed by atoms with Crippen molar-refractivity contribution >= 4 is 0 Å². The Bertz CT molecular complexity index is 209. The lowest BCUT2D eigenvalue weighted by Crippen LogP contribution is -2.29. The van der Waals surface area contributed by atoms with E-state index in [0.29, 0.717) is 5.92 Å². The van der Waals surface area contributed by atoms with Crippen LogP contribution in [0.15, 0.2) is 0 Å². The summed E-state index contributed by atoms with van der Waals surface area (Å²) in [6.45, 7) is 2.07. The average Bonchev–Trinajstić information content (AvgIpc) is 2.53. The Morgan fingerprint density at radius 2 is 1.75 bits per heavy atom. The van der Waals surface area contributed by atoms with Crippen molar-refractivity contribution in [1.82, 2.24) is 0 Å². The molecule has 1 heteroatoms. The molecular formula is C11H18O. The van der Waals surface area contributed by atoms with Crippen LogP contribution in [0.5, 0.6) is 0 Å². The average molecular weight is 166 g/mol. The van der Waals surface area contributed by atoms with Crippen molar-refractivity contribution in [2.75, 3.05) is 0 Å². The van der Waals surface area contributed by atoms with Crippen LogP contribution in [0.4, 0.5) is 0 Å². The molecule has 3 rings (SSSR count). The highest BCUT2D eigenvalue weighted by atomic mass is 16.3. The molecule has 0 aromatic carbocycles. The van der Waals surface area contributed by atoms with Gasteiger partial charge in [-0.05, 0) is 62.7 Å². The summed E-state index contributed by atoms with van der Waals surface area (Å²) in [5.74, 6) is 3.46. The summed E-state index contributed by atoms with van der Waals surface area (Å²) in [6, 6.07) is 0. The molecule has 3 aliphatic rings. The Balaban J connectivity index is 1.96. The van der Waals surface area contributed by atoms with Crippen LogP contribution in [-0.2, 0) is 0 Å². The quantitative estimate of drug-likeness (QED) is 0.585. The molecule has 5 atom stereocenters. The summed E-state index contributed by atoms with van der Waals surface area (Å²) < 4.78 is 0. The highest BCUT2D eigenvalue weighted by Gasteiger charge is 2.57. The van der Waals surface area contributed by atoms with Crippen LogP contribution in [0.1, 0.15) is 39.0 Å². The highest BCUT2D eigenvalue weighted by molar-refractivity contribution is 5.07. The fraction of sp³-hybridized carbons (Fsp3) is 1.00. The van der Waals surface area contributed by atoms with Gasteiger partial charge in [-0.2, -0.15) is 0 Å². The van der Waals surface area contributed by atoms with Crippen molar-refractivity contribution in [3.8, 4) is 0 Å². The molecule has 12 heavy (non-hydrogen) atoms. The molecule has 0 aromatic heterocycles. The summed E-state index contributed by atoms with van der Waals surface area (Å²) in [5, 5.41) is 10.2. The van der Waals surface area contributed by atoms with Crippen LogP contribution < -0.4 is 0 Å². The molecule has 5 unspecified atom stereocenters. The molecule has 0 bridgehead atoms. The lowest BCUT2D eigenvalue weighted by Gasteiger charge is -2.24. The predicted octanol–water partition coefficient (Wildman–Crippen LogP) is 2.19. The van der Waals surface area contributed by atoms with Crippen LogP contribution in [0.2, 0.25) is 0 Å². The van der Waals surface area contributed by atoms with E-state index < -0.39 is 0 Å². The first-order chi connectivity index (χ1) is 5.68. The molecule has 0 heterocycles. The normalized spacial score (nSPS) is 62.5. The van der Waals surface area contributed by atoms with Gasteiger partial charge >= 0.3 is 0 Å². The van der Waals surface area contributed by atoms with E-state index in [4.69, 9.17) is 0 Å². The Hall–Kier alpha value is -0.0400. The van der Waals surface area contributed by atoms with Gasteiger partial charge in [0, 0.05) is 0 Å². The standard InChI is InChI=1S/C11H18O/c1-11(12)6-8-3-2-7-4-5-9(11)10(7)8/h7-10,12H,2-6H2,1H3. The number of hydrogen-bond acceptors (Lipinski definition) is 1. The topological polar surface area (TPSA) is 20.2 Å². The van der Waals surface area contributed by atoms with Gasteiger partial charge in [-0.1, -0.05) is 0 Å². The fourth-order valence-electron chi connectivity index (χ4n) is 4.42. The Morgan fingerprint density at radius 3 is 2.58 bits per heavy atom. The second-order valence-electron chi connectivity index (χ2n) is 5.42. The second-order valence-corrected chi connectivity index (χ2v) is 5.42. The van der Waals surface area contributed by atoms with Crippen LogP contribution in [0.25, 0.3) is 0 Å². The number of aliphatic hydroxyl groups is 1. The third-order valence-electron chi connectivity index (χ3n) is 4.78. The summed E-state index contributed by atoms with van der Waals surface area (Å²) >= 11 is 0. The van der Waals surface area contributed by atoms with E-state index in [1.807, 2.05) is 0 Å². The van der Waals surface area contributed by atoms with E-state index in [-0.39, 0.29) is 5.60 Å². The van der Waals surface area contributed by atoms with Gasteiger partial charge in [-0.15, -0.1) is 0 Å². The zero-order valence-corrected chi connectivity index (χ0v) is 7.79. The smallest absolute Gasteiger partial charge is 0.0653 e. The molecule has 0 spiro atoms. The Labute approximate surface area is 74.2 Å². The van der Waals surface area contributed by atoms with Crippen LogP contribution in [0, 0.1) is 23.7 Å². The maximum Gasteiger partial charge on any atom is 0.0653 e. The molecule has 0 amide bonds. The molecule has 0 aromatic rings. The Kier molecular flexibility index (Phi) is 1.27. The summed E-state index contributed by atoms with van der Waals surface area (Å²) in [4.78, 5) is 0. The van der Waals surface area contributed by atoms with Crippen LogP contribution in [0.3, 0.4) is 0 Å². The van der Waals surface area contributed by atoms with Gasteiger partial charge in [0.15, 0.2) is 0 Å². The van der Waals surface area contributed by atoms with Crippen molar-refractivity contribution in [3.63, 3.8) is 0 Å². The SMILES string of the molecule is CC1(O)CC2CCC3CCC1C32. The zero-order chi connectivity index (χ0) is 8.34. The molecule has 0 radical (unpaired) electrons. The minimum absolute atomic E-state index is 0.301. The lowest BCUT2D eigenvalue weighted by atomic mass is 9.88. The molecule has 3 aliphatic carbocycles. The third-order valence-corrected chi connectivity index (χ3v) is 4.78. The summed E-state index contributed by atoms with van der Waals surface area (Å²) in [7, 11) is 0. The van der Waals surface area contributed by atoms with Crippen molar-refractivity contribution < 1.29 is 5.11 Å². The first kappa shape index (κ1) is 7.37. The molecule has 0 saturated heterocycles. The van der Waals surface area contributed by atoms with Gasteiger partial charge in [-0.25, -0.2) is 0 Å². The van der Waals surface area contributed by atoms with Gasteiger partial charge in [0.2, 0.25) is 0 Å². The minimum atomic E-state index is -0.301. The zero-order valence-electron chi connectivity index (χ0n) is 7.79. The predicted molar refractivity (Wildman–Crippen MR) is 47.7 cm³/mol. The first-order valence-electron chi connectivity index (χ1n) is 5.41. The highest BCUT2D eigenvalue weighted by Crippen LogP contribution is 2.61. The van der Waals surface area contributed by atoms with Gasteiger partial charge in [0.1, 0.15) is 0 Å². The van der Waals surface area contributed by atoms with Crippen molar-refractivity contribution in [1.29, 1.82) is 0 Å². The van der Waals surface area contributed by atoms with Crippen LogP contribution in [-0.4, -0.2) is 10.7 Å².